The van der Waals surface area contributed by atoms with Crippen molar-refractivity contribution in [3.8, 4) is 5.75 Å². The lowest BCUT2D eigenvalue weighted by Crippen LogP contribution is -2.36. The van der Waals surface area contributed by atoms with E-state index in [0.29, 0.717) is 17.1 Å². The number of methoxy groups -OCH3 is 1. The standard InChI is InChI=1S/C20H23ClN2O2/c1-25-18-9-5-6-15(13-18)19(23-10-2-3-11-23)14-22-20(24)16-7-4-8-17(21)12-16/h4-9,12-13,19H,2-3,10-11,14H2,1H3,(H,22,24). The maximum atomic E-state index is 12.5. The van der Waals surface area contributed by atoms with Crippen molar-refractivity contribution in [1.29, 1.82) is 0 Å². The number of halogens is 1. The molecule has 0 saturated carbocycles. The lowest BCUT2D eigenvalue weighted by Gasteiger charge is -2.28. The van der Waals surface area contributed by atoms with E-state index < -0.39 is 0 Å². The van der Waals surface area contributed by atoms with Gasteiger partial charge in [-0.2, -0.15) is 0 Å². The van der Waals surface area contributed by atoms with Gasteiger partial charge in [0.05, 0.1) is 13.2 Å². The largest absolute Gasteiger partial charge is 0.497 e. The van der Waals surface area contributed by atoms with E-state index in [4.69, 9.17) is 16.3 Å². The van der Waals surface area contributed by atoms with Crippen LogP contribution < -0.4 is 10.1 Å². The van der Waals surface area contributed by atoms with Crippen molar-refractivity contribution in [2.75, 3.05) is 26.7 Å². The van der Waals surface area contributed by atoms with Gasteiger partial charge in [-0.3, -0.25) is 9.69 Å². The summed E-state index contributed by atoms with van der Waals surface area (Å²) in [6.07, 6.45) is 2.39. The monoisotopic (exact) mass is 358 g/mol. The number of likely N-dealkylation sites (tertiary alicyclic amines) is 1. The first-order valence-corrected chi connectivity index (χ1v) is 8.97. The van der Waals surface area contributed by atoms with Crippen LogP contribution in [0.3, 0.4) is 0 Å². The molecule has 25 heavy (non-hydrogen) atoms. The Bertz CT molecular complexity index is 729. The van der Waals surface area contributed by atoms with Gasteiger partial charge < -0.3 is 10.1 Å². The third kappa shape index (κ3) is 4.53. The van der Waals surface area contributed by atoms with E-state index in [0.717, 1.165) is 24.4 Å². The molecule has 1 aliphatic heterocycles. The molecule has 1 unspecified atom stereocenters. The fourth-order valence-electron chi connectivity index (χ4n) is 3.28. The van der Waals surface area contributed by atoms with E-state index in [2.05, 4.69) is 22.3 Å². The SMILES string of the molecule is COc1cccc(C(CNC(=O)c2cccc(Cl)c2)N2CCCC2)c1. The Morgan fingerprint density at radius 1 is 1.20 bits per heavy atom. The van der Waals surface area contributed by atoms with Crippen LogP contribution in [0, 0.1) is 0 Å². The van der Waals surface area contributed by atoms with Gasteiger partial charge in [-0.25, -0.2) is 0 Å². The van der Waals surface area contributed by atoms with Crippen LogP contribution in [-0.4, -0.2) is 37.6 Å². The van der Waals surface area contributed by atoms with Crippen LogP contribution in [0.25, 0.3) is 0 Å². The first-order chi connectivity index (χ1) is 12.2. The highest BCUT2D eigenvalue weighted by Crippen LogP contribution is 2.27. The number of ether oxygens (including phenoxy) is 1. The Hall–Kier alpha value is -2.04. The third-order valence-electron chi connectivity index (χ3n) is 4.60. The molecule has 1 fully saturated rings. The maximum Gasteiger partial charge on any atom is 0.251 e. The van der Waals surface area contributed by atoms with E-state index in [1.54, 1.807) is 31.4 Å². The van der Waals surface area contributed by atoms with Gasteiger partial charge in [0.25, 0.3) is 5.91 Å². The zero-order chi connectivity index (χ0) is 17.6. The lowest BCUT2D eigenvalue weighted by atomic mass is 10.0. The second kappa shape index (κ2) is 8.37. The summed E-state index contributed by atoms with van der Waals surface area (Å²) in [6, 6.07) is 15.2. The highest BCUT2D eigenvalue weighted by molar-refractivity contribution is 6.30. The van der Waals surface area contributed by atoms with Gasteiger partial charge in [-0.15, -0.1) is 0 Å². The van der Waals surface area contributed by atoms with Gasteiger partial charge in [0.15, 0.2) is 0 Å². The number of rotatable bonds is 6. The Labute approximate surface area is 153 Å². The molecule has 0 aromatic heterocycles. The van der Waals surface area contributed by atoms with Crippen LogP contribution >= 0.6 is 11.6 Å². The minimum Gasteiger partial charge on any atom is -0.497 e. The minimum atomic E-state index is -0.102. The highest BCUT2D eigenvalue weighted by atomic mass is 35.5. The molecular weight excluding hydrogens is 336 g/mol. The van der Waals surface area contributed by atoms with E-state index in [1.165, 1.54) is 12.8 Å². The number of benzene rings is 2. The summed E-state index contributed by atoms with van der Waals surface area (Å²) >= 11 is 5.98. The average molecular weight is 359 g/mol. The predicted molar refractivity (Wildman–Crippen MR) is 100 cm³/mol. The molecule has 3 rings (SSSR count). The van der Waals surface area contributed by atoms with Crippen LogP contribution in [-0.2, 0) is 0 Å². The molecular formula is C20H23ClN2O2. The average Bonchev–Trinajstić information content (AvgIpc) is 3.16. The van der Waals surface area contributed by atoms with Crippen molar-refractivity contribution < 1.29 is 9.53 Å². The summed E-state index contributed by atoms with van der Waals surface area (Å²) in [7, 11) is 1.67. The van der Waals surface area contributed by atoms with Gasteiger partial charge >= 0.3 is 0 Å². The van der Waals surface area contributed by atoms with Gasteiger partial charge in [-0.1, -0.05) is 29.8 Å². The Morgan fingerprint density at radius 3 is 2.68 bits per heavy atom. The van der Waals surface area contributed by atoms with Gasteiger partial charge in [0, 0.05) is 17.1 Å². The number of nitrogens with one attached hydrogen (secondary N) is 1. The fourth-order valence-corrected chi connectivity index (χ4v) is 3.47. The smallest absolute Gasteiger partial charge is 0.251 e. The second-order valence-electron chi connectivity index (χ2n) is 6.26. The summed E-state index contributed by atoms with van der Waals surface area (Å²) in [5, 5.41) is 3.63. The molecule has 1 saturated heterocycles. The molecule has 0 bridgehead atoms. The molecule has 0 radical (unpaired) electrons. The second-order valence-corrected chi connectivity index (χ2v) is 6.69. The van der Waals surface area contributed by atoms with Crippen LogP contribution in [0.2, 0.25) is 5.02 Å². The molecule has 132 valence electrons. The third-order valence-corrected chi connectivity index (χ3v) is 4.84. The topological polar surface area (TPSA) is 41.6 Å². The van der Waals surface area contributed by atoms with Crippen molar-refractivity contribution in [3.63, 3.8) is 0 Å². The fraction of sp³-hybridized carbons (Fsp3) is 0.350. The number of hydrogen-bond donors (Lipinski definition) is 1. The first-order valence-electron chi connectivity index (χ1n) is 8.59. The molecule has 1 atom stereocenters. The van der Waals surface area contributed by atoms with Crippen LogP contribution in [0.4, 0.5) is 0 Å². The van der Waals surface area contributed by atoms with E-state index in [-0.39, 0.29) is 11.9 Å². The lowest BCUT2D eigenvalue weighted by molar-refractivity contribution is 0.0938. The number of hydrogen-bond acceptors (Lipinski definition) is 3. The number of carbonyl (C=O) groups excluding carboxylic acids is 1. The van der Waals surface area contributed by atoms with E-state index >= 15 is 0 Å². The highest BCUT2D eigenvalue weighted by Gasteiger charge is 2.24. The molecule has 2 aromatic carbocycles. The number of amides is 1. The van der Waals surface area contributed by atoms with Crippen LogP contribution in [0.1, 0.15) is 34.8 Å². The van der Waals surface area contributed by atoms with Gasteiger partial charge in [0.2, 0.25) is 0 Å². The quantitative estimate of drug-likeness (QED) is 0.851. The molecule has 1 amide bonds. The van der Waals surface area contributed by atoms with Crippen molar-refractivity contribution in [2.45, 2.75) is 18.9 Å². The number of carbonyl (C=O) groups is 1. The Morgan fingerprint density at radius 2 is 1.96 bits per heavy atom. The summed E-state index contributed by atoms with van der Waals surface area (Å²) in [4.78, 5) is 14.9. The zero-order valence-corrected chi connectivity index (χ0v) is 15.1. The molecule has 1 N–H and O–H groups in total. The summed E-state index contributed by atoms with van der Waals surface area (Å²) in [5.41, 5.74) is 1.74. The number of nitrogens with zero attached hydrogens (tertiary/aromatic N) is 1. The van der Waals surface area contributed by atoms with Gasteiger partial charge in [-0.05, 0) is 61.8 Å². The van der Waals surface area contributed by atoms with E-state index in [9.17, 15) is 4.79 Å². The maximum absolute atomic E-state index is 12.5. The normalized spacial score (nSPS) is 15.8. The predicted octanol–water partition coefficient (Wildman–Crippen LogP) is 3.92. The zero-order valence-electron chi connectivity index (χ0n) is 14.4. The Balaban J connectivity index is 1.74. The van der Waals surface area contributed by atoms with E-state index in [1.807, 2.05) is 12.1 Å². The Kier molecular flexibility index (Phi) is 5.95. The molecule has 1 aliphatic rings. The van der Waals surface area contributed by atoms with Crippen molar-refractivity contribution >= 4 is 17.5 Å². The molecule has 2 aromatic rings. The first kappa shape index (κ1) is 17.8. The minimum absolute atomic E-state index is 0.102. The summed E-state index contributed by atoms with van der Waals surface area (Å²) < 4.78 is 5.36. The molecule has 0 spiro atoms. The van der Waals surface area contributed by atoms with Crippen LogP contribution in [0.15, 0.2) is 48.5 Å². The molecule has 5 heteroatoms. The van der Waals surface area contributed by atoms with Crippen molar-refractivity contribution in [2.24, 2.45) is 0 Å². The molecule has 0 aliphatic carbocycles. The van der Waals surface area contributed by atoms with Crippen molar-refractivity contribution in [1.82, 2.24) is 10.2 Å². The van der Waals surface area contributed by atoms with Crippen LogP contribution in [0.5, 0.6) is 5.75 Å². The summed E-state index contributed by atoms with van der Waals surface area (Å²) in [5.74, 6) is 0.734. The molecule has 4 nitrogen and oxygen atoms in total. The van der Waals surface area contributed by atoms with Gasteiger partial charge in [0.1, 0.15) is 5.75 Å². The van der Waals surface area contributed by atoms with Crippen molar-refractivity contribution in [3.05, 3.63) is 64.7 Å². The summed E-state index contributed by atoms with van der Waals surface area (Å²) in [6.45, 7) is 2.66. The molecule has 1 heterocycles.